The van der Waals surface area contributed by atoms with Gasteiger partial charge in [0.15, 0.2) is 0 Å². The second-order valence-corrected chi connectivity index (χ2v) is 4.49. The Morgan fingerprint density at radius 1 is 1.28 bits per heavy atom. The van der Waals surface area contributed by atoms with Crippen LogP contribution in [0.5, 0.6) is 0 Å². The molecule has 18 heavy (non-hydrogen) atoms. The summed E-state index contributed by atoms with van der Waals surface area (Å²) >= 11 is 6.08. The van der Waals surface area contributed by atoms with E-state index in [-0.39, 0.29) is 12.5 Å². The van der Waals surface area contributed by atoms with E-state index in [0.29, 0.717) is 16.3 Å². The molecule has 0 unspecified atom stereocenters. The molecular weight excluding hydrogens is 254 g/mol. The Balaban J connectivity index is 2.30. The van der Waals surface area contributed by atoms with Gasteiger partial charge in [-0.15, -0.1) is 0 Å². The molecule has 0 spiro atoms. The largest absolute Gasteiger partial charge is 0.480 e. The van der Waals surface area contributed by atoms with Crippen LogP contribution in [0.2, 0.25) is 5.02 Å². The fraction of sp³-hybridized carbons (Fsp3) is 0.0769. The molecule has 4 nitrogen and oxygen atoms in total. The van der Waals surface area contributed by atoms with Crippen LogP contribution < -0.4 is 4.90 Å². The standard InChI is InChI=1S/C13H8ClNO3/c14-9-4-5-10-12-7(9)2-1-3-8(12)13(18)15(10)6-11(16)17/h1-5H,6H2,(H,16,17). The summed E-state index contributed by atoms with van der Waals surface area (Å²) in [5.41, 5.74) is 1.11. The third kappa shape index (κ3) is 1.39. The van der Waals surface area contributed by atoms with Crippen LogP contribution in [0.4, 0.5) is 5.69 Å². The summed E-state index contributed by atoms with van der Waals surface area (Å²) in [6.45, 7) is -0.343. The third-order valence-electron chi connectivity index (χ3n) is 3.03. The highest BCUT2D eigenvalue weighted by Gasteiger charge is 2.31. The lowest BCUT2D eigenvalue weighted by atomic mass is 10.1. The number of amides is 1. The number of rotatable bonds is 2. The highest BCUT2D eigenvalue weighted by Crippen LogP contribution is 2.39. The number of aliphatic carboxylic acids is 1. The molecule has 2 aromatic carbocycles. The first-order valence-electron chi connectivity index (χ1n) is 5.34. The maximum Gasteiger partial charge on any atom is 0.323 e. The summed E-state index contributed by atoms with van der Waals surface area (Å²) in [6.07, 6.45) is 0. The Bertz CT molecular complexity index is 696. The zero-order valence-corrected chi connectivity index (χ0v) is 9.94. The Labute approximate surface area is 107 Å². The lowest BCUT2D eigenvalue weighted by Gasteiger charge is -2.14. The van der Waals surface area contributed by atoms with Crippen molar-refractivity contribution >= 4 is 39.9 Å². The highest BCUT2D eigenvalue weighted by atomic mass is 35.5. The summed E-state index contributed by atoms with van der Waals surface area (Å²) < 4.78 is 0. The molecular formula is C13H8ClNO3. The second kappa shape index (κ2) is 3.71. The van der Waals surface area contributed by atoms with E-state index in [2.05, 4.69) is 0 Å². The average Bonchev–Trinajstić information content (AvgIpc) is 2.60. The van der Waals surface area contributed by atoms with Crippen LogP contribution in [-0.4, -0.2) is 23.5 Å². The smallest absolute Gasteiger partial charge is 0.323 e. The van der Waals surface area contributed by atoms with Crippen LogP contribution in [0, 0.1) is 0 Å². The van der Waals surface area contributed by atoms with Crippen molar-refractivity contribution in [1.29, 1.82) is 0 Å². The molecule has 0 saturated carbocycles. The molecule has 1 aliphatic rings. The lowest BCUT2D eigenvalue weighted by molar-refractivity contribution is -0.135. The predicted octanol–water partition coefficient (Wildman–Crippen LogP) is 2.54. The number of carboxylic acid groups (broad SMARTS) is 1. The van der Waals surface area contributed by atoms with Crippen molar-refractivity contribution in [2.45, 2.75) is 0 Å². The second-order valence-electron chi connectivity index (χ2n) is 4.08. The number of carboxylic acids is 1. The number of halogens is 1. The van der Waals surface area contributed by atoms with E-state index in [1.165, 1.54) is 4.90 Å². The average molecular weight is 262 g/mol. The number of anilines is 1. The molecule has 0 atom stereocenters. The number of hydrogen-bond donors (Lipinski definition) is 1. The van der Waals surface area contributed by atoms with Crippen molar-refractivity contribution in [2.24, 2.45) is 0 Å². The topological polar surface area (TPSA) is 57.6 Å². The van der Waals surface area contributed by atoms with E-state index in [9.17, 15) is 9.59 Å². The minimum Gasteiger partial charge on any atom is -0.480 e. The van der Waals surface area contributed by atoms with E-state index in [1.54, 1.807) is 24.3 Å². The molecule has 0 bridgehead atoms. The van der Waals surface area contributed by atoms with E-state index in [1.807, 2.05) is 6.07 Å². The van der Waals surface area contributed by atoms with Gasteiger partial charge in [0.25, 0.3) is 5.91 Å². The van der Waals surface area contributed by atoms with Crippen LogP contribution in [0.15, 0.2) is 30.3 Å². The Morgan fingerprint density at radius 2 is 2.06 bits per heavy atom. The van der Waals surface area contributed by atoms with E-state index in [0.717, 1.165) is 10.8 Å². The van der Waals surface area contributed by atoms with E-state index < -0.39 is 5.97 Å². The fourth-order valence-corrected chi connectivity index (χ4v) is 2.52. The van der Waals surface area contributed by atoms with Gasteiger partial charge in [0.05, 0.1) is 5.69 Å². The number of benzene rings is 2. The van der Waals surface area contributed by atoms with Gasteiger partial charge in [-0.05, 0) is 18.2 Å². The number of carbonyl (C=O) groups excluding carboxylic acids is 1. The van der Waals surface area contributed by atoms with E-state index in [4.69, 9.17) is 16.7 Å². The van der Waals surface area contributed by atoms with Crippen molar-refractivity contribution in [3.05, 3.63) is 40.9 Å². The number of nitrogens with zero attached hydrogens (tertiary/aromatic N) is 1. The SMILES string of the molecule is O=C(O)CN1C(=O)c2cccc3c(Cl)ccc1c23. The van der Waals surface area contributed by atoms with Crippen molar-refractivity contribution < 1.29 is 14.7 Å². The molecule has 90 valence electrons. The van der Waals surface area contributed by atoms with Gasteiger partial charge >= 0.3 is 5.97 Å². The van der Waals surface area contributed by atoms with E-state index >= 15 is 0 Å². The number of carbonyl (C=O) groups is 2. The van der Waals surface area contributed by atoms with Gasteiger partial charge in [-0.25, -0.2) is 0 Å². The summed E-state index contributed by atoms with van der Waals surface area (Å²) in [4.78, 5) is 24.2. The highest BCUT2D eigenvalue weighted by molar-refractivity contribution is 6.38. The predicted molar refractivity (Wildman–Crippen MR) is 68.3 cm³/mol. The van der Waals surface area contributed by atoms with Crippen LogP contribution in [0.3, 0.4) is 0 Å². The molecule has 2 aromatic rings. The van der Waals surface area contributed by atoms with Crippen LogP contribution >= 0.6 is 11.6 Å². The van der Waals surface area contributed by atoms with Crippen molar-refractivity contribution in [2.75, 3.05) is 11.4 Å². The lowest BCUT2D eigenvalue weighted by Crippen LogP contribution is -2.32. The molecule has 3 rings (SSSR count). The van der Waals surface area contributed by atoms with Crippen LogP contribution in [-0.2, 0) is 4.79 Å². The van der Waals surface area contributed by atoms with Crippen molar-refractivity contribution in [3.8, 4) is 0 Å². The molecule has 5 heteroatoms. The summed E-state index contributed by atoms with van der Waals surface area (Å²) in [5.74, 6) is -1.33. The Kier molecular flexibility index (Phi) is 2.28. The van der Waals surface area contributed by atoms with Gasteiger partial charge in [-0.2, -0.15) is 0 Å². The van der Waals surface area contributed by atoms with Crippen molar-refractivity contribution in [1.82, 2.24) is 0 Å². The first-order chi connectivity index (χ1) is 8.59. The molecule has 1 heterocycles. The molecule has 0 fully saturated rings. The first kappa shape index (κ1) is 11.0. The molecule has 0 aliphatic carbocycles. The number of hydrogen-bond acceptors (Lipinski definition) is 2. The first-order valence-corrected chi connectivity index (χ1v) is 5.72. The quantitative estimate of drug-likeness (QED) is 0.904. The summed E-state index contributed by atoms with van der Waals surface area (Å²) in [6, 6.07) is 8.61. The maximum absolute atomic E-state index is 12.1. The molecule has 0 aromatic heterocycles. The van der Waals surface area contributed by atoms with Gasteiger partial charge in [0, 0.05) is 21.4 Å². The van der Waals surface area contributed by atoms with Gasteiger partial charge in [-0.1, -0.05) is 23.7 Å². The minimum atomic E-state index is -1.04. The molecule has 0 radical (unpaired) electrons. The molecule has 1 amide bonds. The molecule has 0 saturated heterocycles. The fourth-order valence-electron chi connectivity index (χ4n) is 2.30. The van der Waals surface area contributed by atoms with Crippen molar-refractivity contribution in [3.63, 3.8) is 0 Å². The van der Waals surface area contributed by atoms with Crippen LogP contribution in [0.1, 0.15) is 10.4 Å². The van der Waals surface area contributed by atoms with Crippen LogP contribution in [0.25, 0.3) is 10.8 Å². The molecule has 1 N–H and O–H groups in total. The molecule has 1 aliphatic heterocycles. The zero-order chi connectivity index (χ0) is 12.9. The monoisotopic (exact) mass is 261 g/mol. The zero-order valence-electron chi connectivity index (χ0n) is 9.18. The summed E-state index contributed by atoms with van der Waals surface area (Å²) in [7, 11) is 0. The summed E-state index contributed by atoms with van der Waals surface area (Å²) in [5, 5.41) is 10.9. The third-order valence-corrected chi connectivity index (χ3v) is 3.35. The normalized spacial score (nSPS) is 13.4. The Morgan fingerprint density at radius 3 is 2.78 bits per heavy atom. The van der Waals surface area contributed by atoms with Gasteiger partial charge in [-0.3, -0.25) is 14.5 Å². The van der Waals surface area contributed by atoms with Gasteiger partial charge < -0.3 is 5.11 Å². The minimum absolute atomic E-state index is 0.291. The maximum atomic E-state index is 12.1. The Hall–Kier alpha value is -2.07. The van der Waals surface area contributed by atoms with Gasteiger partial charge in [0.2, 0.25) is 0 Å². The van der Waals surface area contributed by atoms with Gasteiger partial charge in [0.1, 0.15) is 6.54 Å².